The highest BCUT2D eigenvalue weighted by Crippen LogP contribution is 2.39. The van der Waals surface area contributed by atoms with Crippen LogP contribution in [0.3, 0.4) is 0 Å². The fourth-order valence-electron chi connectivity index (χ4n) is 5.87. The van der Waals surface area contributed by atoms with E-state index in [1.807, 2.05) is 4.90 Å². The van der Waals surface area contributed by atoms with Crippen molar-refractivity contribution in [3.05, 3.63) is 43.6 Å². The average Bonchev–Trinajstić information content (AvgIpc) is 3.52. The van der Waals surface area contributed by atoms with Gasteiger partial charge in [-0.3, -0.25) is 9.59 Å². The minimum absolute atomic E-state index is 0.133. The van der Waals surface area contributed by atoms with E-state index in [1.54, 1.807) is 0 Å². The number of nitrogens with one attached hydrogen (secondary N) is 1. The number of benzene rings is 1. The number of ether oxygens (including phenoxy) is 2. The molecule has 2 amide bonds. The molecule has 3 fully saturated rings. The van der Waals surface area contributed by atoms with Crippen LogP contribution >= 0.6 is 11.6 Å². The summed E-state index contributed by atoms with van der Waals surface area (Å²) in [5.41, 5.74) is 3.34. The molecule has 0 saturated carbocycles. The number of carbonyl (C=O) groups excluding carboxylic acids is 2. The molecule has 0 aliphatic carbocycles. The zero-order chi connectivity index (χ0) is 29.1. The molecule has 5 heterocycles. The molecule has 13 heteroatoms. The molecular formula is C28H35ClN4O8. The van der Waals surface area contributed by atoms with Crippen molar-refractivity contribution in [2.75, 3.05) is 52.2 Å². The van der Waals surface area contributed by atoms with Crippen LogP contribution in [0.2, 0.25) is 5.02 Å². The lowest BCUT2D eigenvalue weighted by Gasteiger charge is -2.38. The molecule has 222 valence electrons. The number of likely N-dealkylation sites (tertiary alicyclic amines) is 2. The predicted molar refractivity (Wildman–Crippen MR) is 151 cm³/mol. The van der Waals surface area contributed by atoms with Gasteiger partial charge in [-0.15, -0.1) is 0 Å². The van der Waals surface area contributed by atoms with Gasteiger partial charge < -0.3 is 39.2 Å². The fourth-order valence-corrected chi connectivity index (χ4v) is 6.09. The summed E-state index contributed by atoms with van der Waals surface area (Å²) in [5.74, 6) is -0.0945. The maximum atomic E-state index is 13.5. The molecular weight excluding hydrogens is 556 g/mol. The third-order valence-electron chi connectivity index (χ3n) is 8.10. The second kappa shape index (κ2) is 12.7. The molecule has 1 aromatic carbocycles. The van der Waals surface area contributed by atoms with Crippen molar-refractivity contribution < 1.29 is 27.9 Å². The zero-order valence-electron chi connectivity index (χ0n) is 23.0. The van der Waals surface area contributed by atoms with E-state index in [0.717, 1.165) is 70.5 Å². The van der Waals surface area contributed by atoms with Gasteiger partial charge in [0, 0.05) is 57.5 Å². The molecule has 3 N–H and O–H groups in total. The molecule has 3 aliphatic heterocycles. The Morgan fingerprint density at radius 2 is 1.68 bits per heavy atom. The Hall–Kier alpha value is -3.35. The van der Waals surface area contributed by atoms with E-state index in [9.17, 15) is 19.2 Å². The first kappa shape index (κ1) is 29.2. The molecule has 41 heavy (non-hydrogen) atoms. The summed E-state index contributed by atoms with van der Waals surface area (Å²) in [6.45, 7) is 4.76. The number of hydrogen-bond donors (Lipinski definition) is 2. The lowest BCUT2D eigenvalue weighted by Crippen LogP contribution is -2.48. The van der Waals surface area contributed by atoms with Crippen LogP contribution in [0.15, 0.2) is 30.6 Å². The lowest BCUT2D eigenvalue weighted by molar-refractivity contribution is -0.142. The highest BCUT2D eigenvalue weighted by molar-refractivity contribution is 6.38. The van der Waals surface area contributed by atoms with Crippen LogP contribution in [-0.4, -0.2) is 80.2 Å². The van der Waals surface area contributed by atoms with E-state index in [4.69, 9.17) is 35.6 Å². The van der Waals surface area contributed by atoms with Gasteiger partial charge in [0.1, 0.15) is 22.4 Å². The highest BCUT2D eigenvalue weighted by Gasteiger charge is 2.33. The maximum Gasteiger partial charge on any atom is 0.336 e. The molecule has 3 aliphatic rings. The summed E-state index contributed by atoms with van der Waals surface area (Å²) in [6.07, 6.45) is 4.88. The van der Waals surface area contributed by atoms with Gasteiger partial charge in [-0.25, -0.2) is 9.59 Å². The Labute approximate surface area is 241 Å². The summed E-state index contributed by atoms with van der Waals surface area (Å²) < 4.78 is 21.5. The molecule has 2 aromatic heterocycles. The largest absolute Gasteiger partial charge is 0.492 e. The van der Waals surface area contributed by atoms with Crippen LogP contribution in [0.25, 0.3) is 11.2 Å². The van der Waals surface area contributed by atoms with Crippen LogP contribution in [0.1, 0.15) is 48.9 Å². The molecule has 12 nitrogen and oxygen atoms in total. The number of nitrogens with two attached hydrogens (primary N) is 1. The van der Waals surface area contributed by atoms with Crippen molar-refractivity contribution in [1.29, 1.82) is 0 Å². The number of methoxy groups -OCH3 is 1. The minimum atomic E-state index is -0.926. The first-order valence-corrected chi connectivity index (χ1v) is 14.4. The predicted octanol–water partition coefficient (Wildman–Crippen LogP) is 2.16. The highest BCUT2D eigenvalue weighted by atomic mass is 35.5. The van der Waals surface area contributed by atoms with Crippen molar-refractivity contribution in [3.8, 4) is 5.75 Å². The fraction of sp³-hybridized carbons (Fsp3) is 0.571. The zero-order valence-corrected chi connectivity index (χ0v) is 23.7. The third kappa shape index (κ3) is 6.44. The Morgan fingerprint density at radius 3 is 2.29 bits per heavy atom. The van der Waals surface area contributed by atoms with Crippen molar-refractivity contribution >= 4 is 40.3 Å². The number of nitrogen functional groups attached to an aromatic ring is 1. The maximum absolute atomic E-state index is 13.5. The quantitative estimate of drug-likeness (QED) is 0.478. The first-order valence-electron chi connectivity index (χ1n) is 14.0. The number of hydrogen-bond acceptors (Lipinski definition) is 10. The van der Waals surface area contributed by atoms with Crippen LogP contribution in [-0.2, 0) is 9.53 Å². The lowest BCUT2D eigenvalue weighted by atomic mass is 9.94. The SMILES string of the molecule is COc1c(C(=O)NC2CCN(CC3CCN(C(=O)C4CCCO4)CC3)CC2)c2oc(=O)ccc(=O)oc1c(N)c2Cl. The molecule has 0 radical (unpaired) electrons. The number of nitrogens with zero attached hydrogens (tertiary/aromatic N) is 2. The molecule has 3 saturated heterocycles. The van der Waals surface area contributed by atoms with E-state index in [1.165, 1.54) is 7.11 Å². The Kier molecular flexibility index (Phi) is 9.00. The second-order valence-electron chi connectivity index (χ2n) is 10.8. The molecule has 6 rings (SSSR count). The van der Waals surface area contributed by atoms with Gasteiger partial charge in [0.05, 0.1) is 7.11 Å². The van der Waals surface area contributed by atoms with Crippen molar-refractivity contribution in [2.45, 2.75) is 50.7 Å². The number of anilines is 1. The van der Waals surface area contributed by atoms with Gasteiger partial charge >= 0.3 is 11.3 Å². The Morgan fingerprint density at radius 1 is 1.02 bits per heavy atom. The van der Waals surface area contributed by atoms with Gasteiger partial charge in [0.25, 0.3) is 11.8 Å². The number of halogens is 1. The van der Waals surface area contributed by atoms with E-state index in [-0.39, 0.29) is 51.2 Å². The Bertz CT molecular complexity index is 1440. The third-order valence-corrected chi connectivity index (χ3v) is 8.48. The summed E-state index contributed by atoms with van der Waals surface area (Å²) in [7, 11) is 1.28. The molecule has 1 unspecified atom stereocenters. The van der Waals surface area contributed by atoms with E-state index >= 15 is 0 Å². The summed E-state index contributed by atoms with van der Waals surface area (Å²) in [6, 6.07) is 1.61. The van der Waals surface area contributed by atoms with Crippen LogP contribution in [0.5, 0.6) is 5.75 Å². The van der Waals surface area contributed by atoms with Gasteiger partial charge in [-0.2, -0.15) is 0 Å². The average molecular weight is 591 g/mol. The van der Waals surface area contributed by atoms with Gasteiger partial charge in [0.15, 0.2) is 16.9 Å². The van der Waals surface area contributed by atoms with Crippen molar-refractivity contribution in [3.63, 3.8) is 0 Å². The van der Waals surface area contributed by atoms with Gasteiger partial charge in [-0.05, 0) is 44.4 Å². The number of piperidine rings is 2. The Balaban J connectivity index is 1.21. The number of fused-ring (bicyclic) bond motifs is 7. The topological polar surface area (TPSA) is 158 Å². The first-order chi connectivity index (χ1) is 19.7. The molecule has 3 aromatic rings. The summed E-state index contributed by atoms with van der Waals surface area (Å²) in [5, 5.41) is 2.75. The van der Waals surface area contributed by atoms with Gasteiger partial charge in [0.2, 0.25) is 0 Å². The molecule has 1 atom stereocenters. The second-order valence-corrected chi connectivity index (χ2v) is 11.2. The van der Waals surface area contributed by atoms with E-state index < -0.39 is 17.2 Å². The number of carbonyl (C=O) groups is 2. The monoisotopic (exact) mass is 590 g/mol. The normalized spacial score (nSPS) is 20.7. The summed E-state index contributed by atoms with van der Waals surface area (Å²) in [4.78, 5) is 54.9. The number of rotatable bonds is 6. The van der Waals surface area contributed by atoms with E-state index in [0.29, 0.717) is 25.4 Å². The standard InChI is InChI=1S/C28H35ClN4O8/c1-38-25-21(24-22(29)23(30)26(25)41-20(35)5-4-19(34)40-24)27(36)31-17-8-10-32(11-9-17)15-16-6-12-33(13-7-16)28(37)18-3-2-14-39-18/h4-5,16-18H,2-3,6-15,30H2,1H3,(H,31,36). The summed E-state index contributed by atoms with van der Waals surface area (Å²) >= 11 is 6.35. The van der Waals surface area contributed by atoms with Gasteiger partial charge in [-0.1, -0.05) is 11.6 Å². The molecule has 0 spiro atoms. The number of amides is 2. The van der Waals surface area contributed by atoms with Crippen molar-refractivity contribution in [2.24, 2.45) is 5.92 Å². The van der Waals surface area contributed by atoms with E-state index in [2.05, 4.69) is 10.2 Å². The van der Waals surface area contributed by atoms with Crippen LogP contribution in [0, 0.1) is 5.92 Å². The van der Waals surface area contributed by atoms with Crippen LogP contribution in [0.4, 0.5) is 5.69 Å². The molecule has 2 bridgehead atoms. The van der Waals surface area contributed by atoms with Crippen LogP contribution < -0.4 is 27.0 Å². The minimum Gasteiger partial charge on any atom is -0.492 e. The smallest absolute Gasteiger partial charge is 0.336 e. The van der Waals surface area contributed by atoms with Crippen molar-refractivity contribution in [1.82, 2.24) is 15.1 Å².